The summed E-state index contributed by atoms with van der Waals surface area (Å²) < 4.78 is 26.8. The zero-order valence-corrected chi connectivity index (χ0v) is 17.8. The second-order valence-corrected chi connectivity index (χ2v) is 9.04. The molecule has 9 heteroatoms. The van der Waals surface area contributed by atoms with Gasteiger partial charge in [-0.1, -0.05) is 30.3 Å². The molecule has 0 atom stereocenters. The Morgan fingerprint density at radius 1 is 1.06 bits per heavy atom. The number of fused-ring (bicyclic) bond motifs is 1. The van der Waals surface area contributed by atoms with Gasteiger partial charge in [0.15, 0.2) is 0 Å². The molecule has 2 aromatic heterocycles. The first kappa shape index (κ1) is 21.6. The highest BCUT2D eigenvalue weighted by atomic mass is 32.2. The van der Waals surface area contributed by atoms with Gasteiger partial charge in [-0.15, -0.1) is 0 Å². The maximum Gasteiger partial charge on any atom is 0.267 e. The Hall–Kier alpha value is -3.66. The van der Waals surface area contributed by atoms with Gasteiger partial charge in [0.1, 0.15) is 0 Å². The van der Waals surface area contributed by atoms with Crippen molar-refractivity contribution in [2.45, 2.75) is 18.0 Å². The van der Waals surface area contributed by atoms with Gasteiger partial charge in [-0.25, -0.2) is 17.9 Å². The lowest BCUT2D eigenvalue weighted by atomic mass is 10.1. The number of carbonyl (C=O) groups excluding carboxylic acids is 1. The fourth-order valence-corrected chi connectivity index (χ4v) is 4.58. The smallest absolute Gasteiger partial charge is 0.267 e. The van der Waals surface area contributed by atoms with E-state index in [1.165, 1.54) is 34.9 Å². The Bertz CT molecular complexity index is 1370. The highest BCUT2D eigenvalue weighted by Gasteiger charge is 2.16. The van der Waals surface area contributed by atoms with Crippen LogP contribution in [-0.4, -0.2) is 28.5 Å². The monoisotopic (exact) mass is 450 g/mol. The van der Waals surface area contributed by atoms with Crippen molar-refractivity contribution >= 4 is 32.9 Å². The quantitative estimate of drug-likeness (QED) is 0.187. The first-order chi connectivity index (χ1) is 15.5. The Balaban J connectivity index is 1.40. The van der Waals surface area contributed by atoms with E-state index in [1.807, 2.05) is 24.4 Å². The van der Waals surface area contributed by atoms with Gasteiger partial charge < -0.3 is 10.3 Å². The number of amides is 1. The second-order valence-electron chi connectivity index (χ2n) is 7.20. The molecule has 0 fully saturated rings. The van der Waals surface area contributed by atoms with Gasteiger partial charge in [0.2, 0.25) is 0 Å². The first-order valence-corrected chi connectivity index (χ1v) is 11.3. The standard InChI is InChI=1S/C23H22N4O4S/c28-23(26-29)10-7-18-11-12-27(16-18)32(30,31)20-8-5-17(6-9-20)13-24-14-19-15-25-22-4-2-1-3-21(19)22/h1-12,15-16,24-25,29H,13-14H2,(H,26,28)/b10-7+. The van der Waals surface area contributed by atoms with Crippen LogP contribution in [-0.2, 0) is 27.9 Å². The average Bonchev–Trinajstić information content (AvgIpc) is 3.46. The summed E-state index contributed by atoms with van der Waals surface area (Å²) in [5.74, 6) is -0.700. The summed E-state index contributed by atoms with van der Waals surface area (Å²) >= 11 is 0. The number of benzene rings is 2. The van der Waals surface area contributed by atoms with E-state index in [0.717, 1.165) is 21.1 Å². The number of hydrogen-bond acceptors (Lipinski definition) is 5. The minimum Gasteiger partial charge on any atom is -0.361 e. The van der Waals surface area contributed by atoms with Crippen molar-refractivity contribution < 1.29 is 18.4 Å². The van der Waals surface area contributed by atoms with Crippen LogP contribution in [0.2, 0.25) is 0 Å². The third-order valence-corrected chi connectivity index (χ3v) is 6.70. The van der Waals surface area contributed by atoms with Crippen molar-refractivity contribution in [3.05, 3.63) is 96.0 Å². The number of hydrogen-bond donors (Lipinski definition) is 4. The molecule has 164 valence electrons. The summed E-state index contributed by atoms with van der Waals surface area (Å²) in [6, 6.07) is 16.4. The Labute approximate surface area is 185 Å². The number of H-pyrrole nitrogens is 1. The molecule has 4 rings (SSSR count). The molecule has 2 heterocycles. The van der Waals surface area contributed by atoms with Crippen LogP contribution in [0.25, 0.3) is 17.0 Å². The summed E-state index contributed by atoms with van der Waals surface area (Å²) in [6.07, 6.45) is 7.30. The van der Waals surface area contributed by atoms with Crippen molar-refractivity contribution in [1.82, 2.24) is 19.8 Å². The molecule has 32 heavy (non-hydrogen) atoms. The van der Waals surface area contributed by atoms with Crippen LogP contribution in [0.4, 0.5) is 0 Å². The van der Waals surface area contributed by atoms with Crippen LogP contribution in [0.3, 0.4) is 0 Å². The van der Waals surface area contributed by atoms with Gasteiger partial charge in [0.05, 0.1) is 4.90 Å². The van der Waals surface area contributed by atoms with Crippen LogP contribution in [0, 0.1) is 0 Å². The van der Waals surface area contributed by atoms with Gasteiger partial charge in [-0.3, -0.25) is 10.0 Å². The maximum atomic E-state index is 12.8. The third-order valence-electron chi connectivity index (χ3n) is 5.05. The summed E-state index contributed by atoms with van der Waals surface area (Å²) in [7, 11) is -3.75. The van der Waals surface area contributed by atoms with Crippen LogP contribution in [0.1, 0.15) is 16.7 Å². The summed E-state index contributed by atoms with van der Waals surface area (Å²) in [4.78, 5) is 14.5. The van der Waals surface area contributed by atoms with E-state index in [2.05, 4.69) is 16.4 Å². The molecule has 0 aliphatic rings. The molecule has 8 nitrogen and oxygen atoms in total. The Kier molecular flexibility index (Phi) is 6.22. The first-order valence-electron chi connectivity index (χ1n) is 9.88. The zero-order chi connectivity index (χ0) is 22.6. The minimum atomic E-state index is -3.75. The molecule has 0 unspecified atom stereocenters. The van der Waals surface area contributed by atoms with Crippen LogP contribution >= 0.6 is 0 Å². The number of aromatic nitrogens is 2. The molecular weight excluding hydrogens is 428 g/mol. The SMILES string of the molecule is O=C(/C=C/c1ccn(S(=O)(=O)c2ccc(CNCc3c[nH]c4ccccc34)cc2)c1)NO. The maximum absolute atomic E-state index is 12.8. The predicted molar refractivity (Wildman–Crippen MR) is 121 cm³/mol. The molecular formula is C23H22N4O4S. The number of nitrogens with zero attached hydrogens (tertiary/aromatic N) is 1. The van der Waals surface area contributed by atoms with Gasteiger partial charge in [-0.05, 0) is 47.0 Å². The van der Waals surface area contributed by atoms with Gasteiger partial charge in [0.25, 0.3) is 15.9 Å². The zero-order valence-electron chi connectivity index (χ0n) is 17.0. The second kappa shape index (κ2) is 9.23. The molecule has 0 saturated carbocycles. The Morgan fingerprint density at radius 2 is 1.84 bits per heavy atom. The summed E-state index contributed by atoms with van der Waals surface area (Å²) in [5, 5.41) is 13.1. The molecule has 0 radical (unpaired) electrons. The fourth-order valence-electron chi connectivity index (χ4n) is 3.37. The lowest BCUT2D eigenvalue weighted by Gasteiger charge is -2.08. The highest BCUT2D eigenvalue weighted by Crippen LogP contribution is 2.19. The largest absolute Gasteiger partial charge is 0.361 e. The van der Waals surface area contributed by atoms with Gasteiger partial charge >= 0.3 is 0 Å². The highest BCUT2D eigenvalue weighted by molar-refractivity contribution is 7.90. The molecule has 4 aromatic rings. The molecule has 0 aliphatic heterocycles. The fraction of sp³-hybridized carbons (Fsp3) is 0.0870. The van der Waals surface area contributed by atoms with E-state index in [-0.39, 0.29) is 4.90 Å². The van der Waals surface area contributed by atoms with Crippen molar-refractivity contribution in [2.24, 2.45) is 0 Å². The van der Waals surface area contributed by atoms with Crippen LogP contribution in [0.15, 0.2) is 84.2 Å². The number of hydroxylamine groups is 1. The summed E-state index contributed by atoms with van der Waals surface area (Å²) in [5.41, 5.74) is 5.22. The van der Waals surface area contributed by atoms with E-state index in [1.54, 1.807) is 30.3 Å². The van der Waals surface area contributed by atoms with E-state index in [9.17, 15) is 13.2 Å². The molecule has 0 bridgehead atoms. The average molecular weight is 451 g/mol. The molecule has 0 saturated heterocycles. The van der Waals surface area contributed by atoms with Crippen molar-refractivity contribution in [2.75, 3.05) is 0 Å². The number of carbonyl (C=O) groups is 1. The normalized spacial score (nSPS) is 11.9. The van der Waals surface area contributed by atoms with Crippen LogP contribution < -0.4 is 10.8 Å². The van der Waals surface area contributed by atoms with Crippen LogP contribution in [0.5, 0.6) is 0 Å². The van der Waals surface area contributed by atoms with Gasteiger partial charge in [0, 0.05) is 48.7 Å². The van der Waals surface area contributed by atoms with E-state index < -0.39 is 15.9 Å². The minimum absolute atomic E-state index is 0.164. The molecule has 0 aliphatic carbocycles. The molecule has 4 N–H and O–H groups in total. The van der Waals surface area contributed by atoms with Crippen molar-refractivity contribution in [3.63, 3.8) is 0 Å². The lowest BCUT2D eigenvalue weighted by molar-refractivity contribution is -0.124. The summed E-state index contributed by atoms with van der Waals surface area (Å²) in [6.45, 7) is 1.29. The third kappa shape index (κ3) is 4.65. The topological polar surface area (TPSA) is 116 Å². The number of para-hydroxylation sites is 1. The molecule has 2 aromatic carbocycles. The van der Waals surface area contributed by atoms with Gasteiger partial charge in [-0.2, -0.15) is 0 Å². The lowest BCUT2D eigenvalue weighted by Crippen LogP contribution is -2.14. The van der Waals surface area contributed by atoms with Crippen molar-refractivity contribution in [3.8, 4) is 0 Å². The van der Waals surface area contributed by atoms with Crippen molar-refractivity contribution in [1.29, 1.82) is 0 Å². The Morgan fingerprint density at radius 3 is 2.62 bits per heavy atom. The number of aromatic amines is 1. The van der Waals surface area contributed by atoms with E-state index in [0.29, 0.717) is 18.7 Å². The molecule has 1 amide bonds. The molecule has 0 spiro atoms. The number of nitrogens with one attached hydrogen (secondary N) is 3. The predicted octanol–water partition coefficient (Wildman–Crippen LogP) is 3.01. The number of rotatable bonds is 8. The van der Waals surface area contributed by atoms with E-state index >= 15 is 0 Å². The van der Waals surface area contributed by atoms with E-state index in [4.69, 9.17) is 5.21 Å².